The summed E-state index contributed by atoms with van der Waals surface area (Å²) in [5, 5.41) is 6.09. The fourth-order valence-corrected chi connectivity index (χ4v) is 9.85. The largest absolute Gasteiger partial charge is 0.501 e. The predicted molar refractivity (Wildman–Crippen MR) is 227 cm³/mol. The Morgan fingerprint density at radius 3 is 2.31 bits per heavy atom. The quantitative estimate of drug-likeness (QED) is 0.123. The number of para-hydroxylation sites is 3. The van der Waals surface area contributed by atoms with Crippen LogP contribution in [0.15, 0.2) is 144 Å². The van der Waals surface area contributed by atoms with Crippen molar-refractivity contribution >= 4 is 57.0 Å². The number of rotatable bonds is 6. The Labute approximate surface area is 337 Å². The molecule has 6 aromatic carbocycles. The first-order chi connectivity index (χ1) is 26.4. The van der Waals surface area contributed by atoms with Crippen LogP contribution in [0.25, 0.3) is 72.1 Å². The number of fused-ring (bicyclic) bond motifs is 5. The predicted octanol–water partition coefficient (Wildman–Crippen LogP) is 12.4. The van der Waals surface area contributed by atoms with Gasteiger partial charge >= 0.3 is 0 Å². The molecule has 1 fully saturated rings. The smallest absolute Gasteiger partial charge is 0.120 e. The summed E-state index contributed by atoms with van der Waals surface area (Å²) in [5.41, 5.74) is 9.37. The van der Waals surface area contributed by atoms with Crippen molar-refractivity contribution in [1.82, 2.24) is 14.5 Å². The maximum Gasteiger partial charge on any atom is 0.120 e. The van der Waals surface area contributed by atoms with E-state index in [1.54, 1.807) is 10.8 Å². The van der Waals surface area contributed by atoms with Gasteiger partial charge in [-0.3, -0.25) is 4.98 Å². The van der Waals surface area contributed by atoms with E-state index in [0.717, 1.165) is 67.2 Å². The monoisotopic (exact) mass is 910 g/mol. The van der Waals surface area contributed by atoms with Crippen molar-refractivity contribution in [2.24, 2.45) is 5.92 Å². The second-order valence-corrected chi connectivity index (χ2v) is 20.6. The molecule has 0 atom stereocenters. The third-order valence-electron chi connectivity index (χ3n) is 10.9. The molecule has 3 aromatic heterocycles. The molecule has 275 valence electrons. The summed E-state index contributed by atoms with van der Waals surface area (Å²) in [4.78, 5) is 9.81. The van der Waals surface area contributed by atoms with Gasteiger partial charge in [-0.15, -0.1) is 54.1 Å². The Morgan fingerprint density at radius 2 is 1.49 bits per heavy atom. The van der Waals surface area contributed by atoms with Crippen LogP contribution in [0.1, 0.15) is 31.2 Å². The molecular weight excluding hydrogens is 867 g/mol. The normalized spacial score (nSPS) is 13.3. The second-order valence-electron chi connectivity index (χ2n) is 15.6. The summed E-state index contributed by atoms with van der Waals surface area (Å²) < 4.78 is 8.56. The van der Waals surface area contributed by atoms with Gasteiger partial charge < -0.3 is 14.0 Å². The summed E-state index contributed by atoms with van der Waals surface area (Å²) in [6, 6.07) is 52.5. The Kier molecular flexibility index (Phi) is 10.4. The molecule has 0 aliphatic heterocycles. The molecule has 0 spiro atoms. The molecule has 10 rings (SSSR count). The van der Waals surface area contributed by atoms with Gasteiger partial charge in [-0.25, -0.2) is 0 Å². The van der Waals surface area contributed by atoms with Crippen LogP contribution in [0.3, 0.4) is 0 Å². The van der Waals surface area contributed by atoms with E-state index in [2.05, 4.69) is 134 Å². The van der Waals surface area contributed by atoms with Gasteiger partial charge in [0.15, 0.2) is 0 Å². The van der Waals surface area contributed by atoms with Gasteiger partial charge in [0.25, 0.3) is 0 Å². The molecule has 0 bridgehead atoms. The zero-order valence-corrected chi connectivity index (χ0v) is 34.9. The first-order valence-corrected chi connectivity index (χ1v) is 22.7. The van der Waals surface area contributed by atoms with Crippen LogP contribution in [0.2, 0.25) is 19.6 Å². The van der Waals surface area contributed by atoms with Gasteiger partial charge in [0, 0.05) is 42.8 Å². The minimum absolute atomic E-state index is 0. The molecular formula is C49H43IrN3OSi-2. The second kappa shape index (κ2) is 15.5. The van der Waals surface area contributed by atoms with E-state index in [9.17, 15) is 0 Å². The number of furan rings is 1. The van der Waals surface area contributed by atoms with Crippen molar-refractivity contribution < 1.29 is 24.5 Å². The Hall–Kier alpha value is -5.13. The maximum atomic E-state index is 6.33. The van der Waals surface area contributed by atoms with Crippen molar-refractivity contribution in [3.05, 3.63) is 157 Å². The third kappa shape index (κ3) is 7.23. The first-order valence-electron chi connectivity index (χ1n) is 19.2. The Morgan fingerprint density at radius 1 is 0.745 bits per heavy atom. The molecule has 1 aliphatic carbocycles. The van der Waals surface area contributed by atoms with Crippen molar-refractivity contribution in [2.75, 3.05) is 0 Å². The van der Waals surface area contributed by atoms with E-state index in [-0.39, 0.29) is 20.1 Å². The van der Waals surface area contributed by atoms with Gasteiger partial charge in [-0.2, -0.15) is 0 Å². The number of aromatic nitrogens is 3. The van der Waals surface area contributed by atoms with Crippen molar-refractivity contribution in [1.29, 1.82) is 0 Å². The number of nitrogens with zero attached hydrogens (tertiary/aromatic N) is 3. The van der Waals surface area contributed by atoms with Crippen molar-refractivity contribution in [3.8, 4) is 28.3 Å². The van der Waals surface area contributed by atoms with E-state index in [4.69, 9.17) is 14.4 Å². The van der Waals surface area contributed by atoms with Crippen LogP contribution in [-0.2, 0) is 26.5 Å². The minimum Gasteiger partial charge on any atom is -0.501 e. The average Bonchev–Trinajstić information content (AvgIpc) is 3.95. The molecule has 1 aliphatic rings. The molecule has 3 heterocycles. The SMILES string of the molecule is C[Si](C)(C)c1cnc(-c2[c-]cccc2)cc1CC1CCCC1.[Ir].[c-]1ccc2c(oc3ccccc32)c1-c1nc2ccccc2n1-c1cccc2ccccc12. The van der Waals surface area contributed by atoms with Gasteiger partial charge in [0.1, 0.15) is 5.58 Å². The van der Waals surface area contributed by atoms with E-state index < -0.39 is 8.07 Å². The van der Waals surface area contributed by atoms with Gasteiger partial charge in [0.05, 0.1) is 30.5 Å². The van der Waals surface area contributed by atoms with E-state index in [1.165, 1.54) is 42.9 Å². The summed E-state index contributed by atoms with van der Waals surface area (Å²) in [7, 11) is -1.35. The van der Waals surface area contributed by atoms with Crippen LogP contribution in [0.5, 0.6) is 0 Å². The molecule has 9 aromatic rings. The zero-order valence-electron chi connectivity index (χ0n) is 31.5. The molecule has 55 heavy (non-hydrogen) atoms. The molecule has 0 amide bonds. The van der Waals surface area contributed by atoms with Crippen LogP contribution in [-0.4, -0.2) is 22.6 Å². The molecule has 0 N–H and O–H groups in total. The van der Waals surface area contributed by atoms with E-state index in [1.807, 2.05) is 42.5 Å². The van der Waals surface area contributed by atoms with Crippen LogP contribution >= 0.6 is 0 Å². The van der Waals surface area contributed by atoms with E-state index >= 15 is 0 Å². The Bertz CT molecular complexity index is 2750. The third-order valence-corrected chi connectivity index (χ3v) is 13.0. The maximum absolute atomic E-state index is 6.33. The molecule has 6 heteroatoms. The van der Waals surface area contributed by atoms with Crippen molar-refractivity contribution in [3.63, 3.8) is 0 Å². The molecule has 1 radical (unpaired) electrons. The number of hydrogen-bond acceptors (Lipinski definition) is 3. The topological polar surface area (TPSA) is 43.9 Å². The van der Waals surface area contributed by atoms with Crippen LogP contribution in [0, 0.1) is 18.1 Å². The van der Waals surface area contributed by atoms with Gasteiger partial charge in [0.2, 0.25) is 0 Å². The molecule has 0 unspecified atom stereocenters. The van der Waals surface area contributed by atoms with Crippen LogP contribution in [0.4, 0.5) is 0 Å². The van der Waals surface area contributed by atoms with Crippen LogP contribution < -0.4 is 5.19 Å². The fraction of sp³-hybridized carbons (Fsp3) is 0.184. The molecule has 0 saturated heterocycles. The van der Waals surface area contributed by atoms with Crippen molar-refractivity contribution in [2.45, 2.75) is 51.7 Å². The zero-order chi connectivity index (χ0) is 36.6. The molecule has 1 saturated carbocycles. The number of benzene rings is 6. The van der Waals surface area contributed by atoms with Gasteiger partial charge in [-0.1, -0.05) is 135 Å². The first kappa shape index (κ1) is 36.8. The summed E-state index contributed by atoms with van der Waals surface area (Å²) in [6.07, 6.45) is 9.03. The summed E-state index contributed by atoms with van der Waals surface area (Å²) in [6.45, 7) is 7.28. The fourth-order valence-electron chi connectivity index (χ4n) is 8.26. The van der Waals surface area contributed by atoms with Gasteiger partial charge in [-0.05, 0) is 52.9 Å². The Balaban J connectivity index is 0.000000164. The average molecular weight is 910 g/mol. The summed E-state index contributed by atoms with van der Waals surface area (Å²) in [5.74, 6) is 1.71. The number of hydrogen-bond donors (Lipinski definition) is 0. The number of imidazole rings is 1. The van der Waals surface area contributed by atoms with E-state index in [0.29, 0.717) is 0 Å². The standard InChI is InChI=1S/C29H17N2O.C20H26NSi.Ir/c1-2-11-20-19(9-1)10-7-17-25(20)31-26-16-5-4-15-24(26)30-29(31)23-14-8-13-22-21-12-3-6-18-27(21)32-28(22)23;1-22(2,3)20-15-21-19(17-11-5-4-6-12-17)14-18(20)13-16-9-7-8-10-16;/h1-13,15-18H;4-6,11,14-16H,7-10,13H2,1-3H3;/q2*-1;. The number of pyridine rings is 1. The summed E-state index contributed by atoms with van der Waals surface area (Å²) >= 11 is 0. The minimum atomic E-state index is -1.35. The molecule has 4 nitrogen and oxygen atoms in total.